The maximum atomic E-state index is 12.9. The summed E-state index contributed by atoms with van der Waals surface area (Å²) < 4.78 is 2.97. The van der Waals surface area contributed by atoms with Crippen molar-refractivity contribution in [1.82, 2.24) is 19.3 Å². The van der Waals surface area contributed by atoms with Gasteiger partial charge in [0.1, 0.15) is 16.8 Å². The topological polar surface area (TPSA) is 92.2 Å². The molecule has 3 aromatic heterocycles. The molecular formula is C17H17N5O2. The van der Waals surface area contributed by atoms with E-state index in [1.54, 1.807) is 18.3 Å². The van der Waals surface area contributed by atoms with Gasteiger partial charge in [-0.25, -0.2) is 4.98 Å². The van der Waals surface area contributed by atoms with Crippen LogP contribution < -0.4 is 16.4 Å². The maximum absolute atomic E-state index is 12.9. The highest BCUT2D eigenvalue weighted by atomic mass is 16.1. The molecule has 0 unspecified atom stereocenters. The summed E-state index contributed by atoms with van der Waals surface area (Å²) in [5.74, 6) is -0.423. The largest absolute Gasteiger partial charge is 0.355 e. The first-order chi connectivity index (χ1) is 11.5. The third-order valence-electron chi connectivity index (χ3n) is 3.92. The maximum Gasteiger partial charge on any atom is 0.267 e. The van der Waals surface area contributed by atoms with E-state index in [1.165, 1.54) is 22.1 Å². The molecule has 2 N–H and O–H groups in total. The number of nitrogens with zero attached hydrogens (tertiary/aromatic N) is 3. The lowest BCUT2D eigenvalue weighted by atomic mass is 10.2. The average molecular weight is 323 g/mol. The second-order valence-corrected chi connectivity index (χ2v) is 5.42. The zero-order valence-corrected chi connectivity index (χ0v) is 13.5. The molecule has 0 saturated heterocycles. The quantitative estimate of drug-likeness (QED) is 0.556. The predicted molar refractivity (Wildman–Crippen MR) is 91.1 cm³/mol. The van der Waals surface area contributed by atoms with Crippen molar-refractivity contribution < 1.29 is 4.79 Å². The number of aromatic nitrogens is 3. The first-order valence-corrected chi connectivity index (χ1v) is 7.42. The van der Waals surface area contributed by atoms with Gasteiger partial charge in [-0.15, -0.1) is 6.58 Å². The van der Waals surface area contributed by atoms with Gasteiger partial charge in [0.05, 0.1) is 10.9 Å². The molecule has 7 heteroatoms. The molecular weight excluding hydrogens is 306 g/mol. The van der Waals surface area contributed by atoms with Crippen LogP contribution in [0.15, 0.2) is 41.8 Å². The Hall–Kier alpha value is -3.22. The van der Waals surface area contributed by atoms with Crippen molar-refractivity contribution in [2.75, 3.05) is 7.05 Å². The molecule has 0 aromatic carbocycles. The lowest BCUT2D eigenvalue weighted by Gasteiger charge is -2.13. The fraction of sp³-hybridized carbons (Fsp3) is 0.176. The fourth-order valence-electron chi connectivity index (χ4n) is 2.71. The molecule has 3 aromatic rings. The average Bonchev–Trinajstić information content (AvgIpc) is 2.58. The highest BCUT2D eigenvalue weighted by Crippen LogP contribution is 2.12. The van der Waals surface area contributed by atoms with Crippen LogP contribution in [0.4, 0.5) is 0 Å². The van der Waals surface area contributed by atoms with Crippen LogP contribution >= 0.6 is 0 Å². The zero-order valence-electron chi connectivity index (χ0n) is 13.5. The van der Waals surface area contributed by atoms with Gasteiger partial charge >= 0.3 is 0 Å². The third-order valence-corrected chi connectivity index (χ3v) is 3.92. The zero-order chi connectivity index (χ0) is 17.4. The molecule has 0 fully saturated rings. The molecule has 122 valence electrons. The van der Waals surface area contributed by atoms with Crippen LogP contribution in [-0.2, 0) is 6.54 Å². The lowest BCUT2D eigenvalue weighted by molar-refractivity contribution is 0.0960. The molecule has 0 atom stereocenters. The molecule has 24 heavy (non-hydrogen) atoms. The van der Waals surface area contributed by atoms with Crippen molar-refractivity contribution in [3.8, 4) is 0 Å². The Balaban J connectivity index is 2.58. The number of rotatable bonds is 3. The van der Waals surface area contributed by atoms with E-state index in [4.69, 9.17) is 5.41 Å². The number of hydrogen-bond donors (Lipinski definition) is 2. The summed E-state index contributed by atoms with van der Waals surface area (Å²) in [7, 11) is 1.48. The van der Waals surface area contributed by atoms with Gasteiger partial charge in [0, 0.05) is 19.8 Å². The van der Waals surface area contributed by atoms with Crippen molar-refractivity contribution in [2.45, 2.75) is 13.5 Å². The summed E-state index contributed by atoms with van der Waals surface area (Å²) in [6.45, 7) is 5.82. The predicted octanol–water partition coefficient (Wildman–Crippen LogP) is 0.983. The van der Waals surface area contributed by atoms with Gasteiger partial charge in [-0.3, -0.25) is 19.4 Å². The number of aryl methyl sites for hydroxylation is 1. The van der Waals surface area contributed by atoms with Crippen molar-refractivity contribution in [1.29, 1.82) is 5.41 Å². The van der Waals surface area contributed by atoms with Crippen LogP contribution in [0.25, 0.3) is 16.7 Å². The Labute approximate surface area is 137 Å². The highest BCUT2D eigenvalue weighted by molar-refractivity contribution is 5.96. The van der Waals surface area contributed by atoms with Crippen LogP contribution in [0.3, 0.4) is 0 Å². The Morgan fingerprint density at radius 3 is 2.88 bits per heavy atom. The van der Waals surface area contributed by atoms with Gasteiger partial charge in [-0.2, -0.15) is 0 Å². The standard InChI is InChI=1S/C17H17N5O2/c1-4-7-21-13(18)11(16(23)19-3)9-12-15(21)20-14-10(2)6-5-8-22(14)17(12)24/h4-6,8-9,18H,1,7H2,2-3H3,(H,19,23). The van der Waals surface area contributed by atoms with Gasteiger partial charge in [-0.05, 0) is 24.6 Å². The summed E-state index contributed by atoms with van der Waals surface area (Å²) in [6.07, 6.45) is 3.25. The molecule has 7 nitrogen and oxygen atoms in total. The summed E-state index contributed by atoms with van der Waals surface area (Å²) in [6, 6.07) is 5.07. The van der Waals surface area contributed by atoms with Gasteiger partial charge in [0.15, 0.2) is 0 Å². The van der Waals surface area contributed by atoms with E-state index in [9.17, 15) is 9.59 Å². The van der Waals surface area contributed by atoms with Crippen LogP contribution in [0.1, 0.15) is 15.9 Å². The van der Waals surface area contributed by atoms with Crippen molar-refractivity contribution in [3.63, 3.8) is 0 Å². The van der Waals surface area contributed by atoms with Crippen molar-refractivity contribution >= 4 is 22.6 Å². The van der Waals surface area contributed by atoms with Gasteiger partial charge < -0.3 is 9.88 Å². The van der Waals surface area contributed by atoms with E-state index >= 15 is 0 Å². The normalized spacial score (nSPS) is 10.9. The first-order valence-electron chi connectivity index (χ1n) is 7.42. The Morgan fingerprint density at radius 2 is 2.21 bits per heavy atom. The van der Waals surface area contributed by atoms with Crippen LogP contribution in [-0.4, -0.2) is 26.9 Å². The fourth-order valence-corrected chi connectivity index (χ4v) is 2.71. The van der Waals surface area contributed by atoms with E-state index in [0.29, 0.717) is 11.3 Å². The van der Waals surface area contributed by atoms with Gasteiger partial charge in [-0.1, -0.05) is 12.1 Å². The Morgan fingerprint density at radius 1 is 1.46 bits per heavy atom. The van der Waals surface area contributed by atoms with Gasteiger partial charge in [0.25, 0.3) is 11.5 Å². The van der Waals surface area contributed by atoms with Crippen LogP contribution in [0, 0.1) is 12.3 Å². The number of carbonyl (C=O) groups excluding carboxylic acids is 1. The molecule has 0 aliphatic heterocycles. The van der Waals surface area contributed by atoms with Crippen molar-refractivity contribution in [2.24, 2.45) is 0 Å². The third kappa shape index (κ3) is 2.21. The van der Waals surface area contributed by atoms with Crippen LogP contribution in [0.5, 0.6) is 0 Å². The van der Waals surface area contributed by atoms with Crippen molar-refractivity contribution in [3.05, 3.63) is 64.0 Å². The second-order valence-electron chi connectivity index (χ2n) is 5.42. The summed E-state index contributed by atoms with van der Waals surface area (Å²) >= 11 is 0. The minimum Gasteiger partial charge on any atom is -0.355 e. The number of hydrogen-bond acceptors (Lipinski definition) is 4. The first kappa shape index (κ1) is 15.7. The smallest absolute Gasteiger partial charge is 0.267 e. The molecule has 0 aliphatic carbocycles. The van der Waals surface area contributed by atoms with E-state index in [2.05, 4.69) is 16.9 Å². The number of amides is 1. The molecule has 0 bridgehead atoms. The summed E-state index contributed by atoms with van der Waals surface area (Å²) in [5.41, 5.74) is 1.59. The molecule has 3 rings (SSSR count). The summed E-state index contributed by atoms with van der Waals surface area (Å²) in [5, 5.41) is 11.1. The van der Waals surface area contributed by atoms with E-state index < -0.39 is 5.91 Å². The SMILES string of the molecule is C=CCn1c(=N)c(C(=O)NC)cc2c(=O)n3cccc(C)c3nc21. The number of allylic oxidation sites excluding steroid dienone is 1. The second kappa shape index (κ2) is 5.77. The monoisotopic (exact) mass is 323 g/mol. The van der Waals surface area contributed by atoms with E-state index in [0.717, 1.165) is 5.56 Å². The molecule has 0 spiro atoms. The van der Waals surface area contributed by atoms with E-state index in [-0.39, 0.29) is 28.5 Å². The highest BCUT2D eigenvalue weighted by Gasteiger charge is 2.16. The Bertz CT molecular complexity index is 1110. The lowest BCUT2D eigenvalue weighted by Crippen LogP contribution is -2.33. The van der Waals surface area contributed by atoms with E-state index in [1.807, 2.05) is 13.0 Å². The van der Waals surface area contributed by atoms with Gasteiger partial charge in [0.2, 0.25) is 0 Å². The summed E-state index contributed by atoms with van der Waals surface area (Å²) in [4.78, 5) is 29.5. The molecule has 0 saturated carbocycles. The minimum absolute atomic E-state index is 0.00779. The minimum atomic E-state index is -0.423. The molecule has 0 aliphatic rings. The number of nitrogens with one attached hydrogen (secondary N) is 2. The van der Waals surface area contributed by atoms with Crippen LogP contribution in [0.2, 0.25) is 0 Å². The molecule has 1 amide bonds. The number of carbonyl (C=O) groups is 1. The Kier molecular flexibility index (Phi) is 3.76. The number of fused-ring (bicyclic) bond motifs is 2. The number of pyridine rings is 2. The molecule has 3 heterocycles. The molecule has 0 radical (unpaired) electrons.